The van der Waals surface area contributed by atoms with Gasteiger partial charge in [0.25, 0.3) is 0 Å². The van der Waals surface area contributed by atoms with Gasteiger partial charge in [-0.15, -0.1) is 0 Å². The van der Waals surface area contributed by atoms with Crippen molar-refractivity contribution in [1.29, 1.82) is 0 Å². The maximum absolute atomic E-state index is 11.7. The zero-order valence-electron chi connectivity index (χ0n) is 11.4. The zero-order chi connectivity index (χ0) is 14.7. The van der Waals surface area contributed by atoms with Gasteiger partial charge < -0.3 is 14.6 Å². The van der Waals surface area contributed by atoms with E-state index in [1.165, 1.54) is 0 Å². The summed E-state index contributed by atoms with van der Waals surface area (Å²) < 4.78 is 9.97. The summed E-state index contributed by atoms with van der Waals surface area (Å²) in [4.78, 5) is 22.8. The highest BCUT2D eigenvalue weighted by molar-refractivity contribution is 5.88. The predicted octanol–water partition coefficient (Wildman–Crippen LogP) is 2.10. The lowest BCUT2D eigenvalue weighted by molar-refractivity contribution is -0.182. The second-order valence-corrected chi connectivity index (χ2v) is 4.05. The van der Waals surface area contributed by atoms with Gasteiger partial charge in [-0.1, -0.05) is 20.1 Å². The molecule has 0 saturated heterocycles. The molecule has 0 aliphatic carbocycles. The molecule has 0 bridgehead atoms. The molecule has 0 aliphatic rings. The normalized spacial score (nSPS) is 11.5. The third kappa shape index (κ3) is 8.15. The average Bonchev–Trinajstić information content (AvgIpc) is 2.38. The topological polar surface area (TPSA) is 72.8 Å². The van der Waals surface area contributed by atoms with Gasteiger partial charge in [-0.25, -0.2) is 9.59 Å². The second kappa shape index (κ2) is 10.3. The predicted molar refractivity (Wildman–Crippen MR) is 71.2 cm³/mol. The highest BCUT2D eigenvalue weighted by Crippen LogP contribution is 2.12. The molecular formula is C14H22O5. The summed E-state index contributed by atoms with van der Waals surface area (Å²) in [5.74, 6) is -1.20. The summed E-state index contributed by atoms with van der Waals surface area (Å²) in [5.41, 5.74) is 0.309. The van der Waals surface area contributed by atoms with Crippen LogP contribution in [0.3, 0.4) is 0 Å². The number of carbonyl (C=O) groups is 2. The van der Waals surface area contributed by atoms with Crippen LogP contribution in [0.2, 0.25) is 0 Å². The summed E-state index contributed by atoms with van der Waals surface area (Å²) in [5, 5.41) is 8.65. The second-order valence-electron chi connectivity index (χ2n) is 4.05. The molecule has 5 heteroatoms. The smallest absolute Gasteiger partial charge is 0.336 e. The fourth-order valence-electron chi connectivity index (χ4n) is 1.31. The first-order valence-electron chi connectivity index (χ1n) is 6.37. The van der Waals surface area contributed by atoms with Gasteiger partial charge in [0.1, 0.15) is 0 Å². The third-order valence-corrected chi connectivity index (χ3v) is 2.35. The SMILES string of the molecule is C=CC(=O)OC(CCC)OC(=O)C(=C)CCCCO. The molecule has 0 radical (unpaired) electrons. The van der Waals surface area contributed by atoms with Crippen molar-refractivity contribution in [2.45, 2.75) is 45.3 Å². The van der Waals surface area contributed by atoms with E-state index in [0.29, 0.717) is 37.7 Å². The Kier molecular flexibility index (Phi) is 9.44. The number of ether oxygens (including phenoxy) is 2. The van der Waals surface area contributed by atoms with Crippen molar-refractivity contribution in [2.75, 3.05) is 6.61 Å². The number of aliphatic hydroxyl groups is 1. The number of unbranched alkanes of at least 4 members (excludes halogenated alkanes) is 1. The maximum Gasteiger partial charge on any atom is 0.336 e. The molecule has 108 valence electrons. The van der Waals surface area contributed by atoms with E-state index in [4.69, 9.17) is 14.6 Å². The van der Waals surface area contributed by atoms with E-state index < -0.39 is 18.2 Å². The van der Waals surface area contributed by atoms with Gasteiger partial charge in [-0.3, -0.25) is 0 Å². The van der Waals surface area contributed by atoms with Crippen LogP contribution in [0.15, 0.2) is 24.8 Å². The number of esters is 2. The van der Waals surface area contributed by atoms with Crippen molar-refractivity contribution in [2.24, 2.45) is 0 Å². The highest BCUT2D eigenvalue weighted by atomic mass is 16.7. The Hall–Kier alpha value is -1.62. The molecule has 1 N–H and O–H groups in total. The third-order valence-electron chi connectivity index (χ3n) is 2.35. The van der Waals surface area contributed by atoms with E-state index in [1.807, 2.05) is 6.92 Å². The lowest BCUT2D eigenvalue weighted by Gasteiger charge is -2.17. The molecule has 0 fully saturated rings. The molecule has 0 spiro atoms. The average molecular weight is 270 g/mol. The van der Waals surface area contributed by atoms with Gasteiger partial charge in [0.2, 0.25) is 6.29 Å². The summed E-state index contributed by atoms with van der Waals surface area (Å²) in [6.45, 7) is 8.87. The number of aliphatic hydroxyl groups excluding tert-OH is 1. The molecule has 0 aliphatic heterocycles. The Bertz CT molecular complexity index is 322. The lowest BCUT2D eigenvalue weighted by atomic mass is 10.1. The largest absolute Gasteiger partial charge is 0.422 e. The van der Waals surface area contributed by atoms with Gasteiger partial charge in [0.05, 0.1) is 0 Å². The molecular weight excluding hydrogens is 248 g/mol. The van der Waals surface area contributed by atoms with Crippen LogP contribution < -0.4 is 0 Å². The van der Waals surface area contributed by atoms with Crippen molar-refractivity contribution in [1.82, 2.24) is 0 Å². The number of hydrogen-bond acceptors (Lipinski definition) is 5. The summed E-state index contributed by atoms with van der Waals surface area (Å²) in [6.07, 6.45) is 2.97. The van der Waals surface area contributed by atoms with Crippen molar-refractivity contribution in [3.05, 3.63) is 24.8 Å². The van der Waals surface area contributed by atoms with Crippen molar-refractivity contribution >= 4 is 11.9 Å². The zero-order valence-corrected chi connectivity index (χ0v) is 11.4. The van der Waals surface area contributed by atoms with Crippen LogP contribution in [0.25, 0.3) is 0 Å². The molecule has 0 saturated carbocycles. The van der Waals surface area contributed by atoms with Crippen LogP contribution in [0.1, 0.15) is 39.0 Å². The van der Waals surface area contributed by atoms with E-state index in [2.05, 4.69) is 13.2 Å². The molecule has 0 aromatic heterocycles. The lowest BCUT2D eigenvalue weighted by Crippen LogP contribution is -2.24. The molecule has 0 heterocycles. The minimum Gasteiger partial charge on any atom is -0.422 e. The van der Waals surface area contributed by atoms with E-state index in [9.17, 15) is 9.59 Å². The van der Waals surface area contributed by atoms with Gasteiger partial charge in [-0.05, 0) is 25.7 Å². The number of hydrogen-bond donors (Lipinski definition) is 1. The van der Waals surface area contributed by atoms with Crippen molar-refractivity contribution in [3.8, 4) is 0 Å². The van der Waals surface area contributed by atoms with Crippen LogP contribution in [-0.2, 0) is 19.1 Å². The van der Waals surface area contributed by atoms with Crippen LogP contribution in [0.4, 0.5) is 0 Å². The minimum absolute atomic E-state index is 0.0811. The first-order valence-corrected chi connectivity index (χ1v) is 6.37. The fraction of sp³-hybridized carbons (Fsp3) is 0.571. The van der Waals surface area contributed by atoms with E-state index in [0.717, 1.165) is 6.08 Å². The molecule has 0 aromatic rings. The Balaban J connectivity index is 4.25. The summed E-state index contributed by atoms with van der Waals surface area (Å²) in [7, 11) is 0. The van der Waals surface area contributed by atoms with E-state index >= 15 is 0 Å². The van der Waals surface area contributed by atoms with Gasteiger partial charge in [-0.2, -0.15) is 0 Å². The van der Waals surface area contributed by atoms with Gasteiger partial charge >= 0.3 is 11.9 Å². The van der Waals surface area contributed by atoms with Gasteiger partial charge in [0.15, 0.2) is 0 Å². The van der Waals surface area contributed by atoms with E-state index in [-0.39, 0.29) is 6.61 Å². The molecule has 5 nitrogen and oxygen atoms in total. The van der Waals surface area contributed by atoms with E-state index in [1.54, 1.807) is 0 Å². The van der Waals surface area contributed by atoms with Crippen LogP contribution >= 0.6 is 0 Å². The standard InChI is InChI=1S/C14H22O5/c1-4-8-13(18-12(16)5-2)19-14(17)11(3)9-6-7-10-15/h5,13,15H,2-4,6-10H2,1H3. The first-order chi connectivity index (χ1) is 9.04. The Morgan fingerprint density at radius 3 is 2.53 bits per heavy atom. The highest BCUT2D eigenvalue weighted by Gasteiger charge is 2.18. The van der Waals surface area contributed by atoms with Gasteiger partial charge in [0, 0.05) is 24.7 Å². The molecule has 19 heavy (non-hydrogen) atoms. The fourth-order valence-corrected chi connectivity index (χ4v) is 1.31. The Labute approximate surface area is 113 Å². The number of carbonyl (C=O) groups excluding carboxylic acids is 2. The molecule has 1 unspecified atom stereocenters. The quantitative estimate of drug-likeness (QED) is 0.285. The Morgan fingerprint density at radius 2 is 2.00 bits per heavy atom. The summed E-state index contributed by atoms with van der Waals surface area (Å²) >= 11 is 0. The molecule has 0 aromatic carbocycles. The molecule has 0 amide bonds. The Morgan fingerprint density at radius 1 is 1.32 bits per heavy atom. The van der Waals surface area contributed by atoms with Crippen LogP contribution in [0.5, 0.6) is 0 Å². The number of rotatable bonds is 10. The molecule has 0 rings (SSSR count). The first kappa shape index (κ1) is 17.4. The van der Waals surface area contributed by atoms with Crippen LogP contribution in [-0.4, -0.2) is 29.9 Å². The minimum atomic E-state index is -0.905. The van der Waals surface area contributed by atoms with Crippen molar-refractivity contribution in [3.63, 3.8) is 0 Å². The maximum atomic E-state index is 11.7. The summed E-state index contributed by atoms with van der Waals surface area (Å²) in [6, 6.07) is 0. The molecule has 1 atom stereocenters. The van der Waals surface area contributed by atoms with Crippen molar-refractivity contribution < 1.29 is 24.2 Å². The van der Waals surface area contributed by atoms with Crippen LogP contribution in [0, 0.1) is 0 Å². The monoisotopic (exact) mass is 270 g/mol.